The van der Waals surface area contributed by atoms with E-state index in [4.69, 9.17) is 4.74 Å². The van der Waals surface area contributed by atoms with Gasteiger partial charge >= 0.3 is 12.1 Å². The second-order valence-corrected chi connectivity index (χ2v) is 3.83. The summed E-state index contributed by atoms with van der Waals surface area (Å²) in [6.07, 6.45) is -3.43. The quantitative estimate of drug-likeness (QED) is 0.456. The van der Waals surface area contributed by atoms with Crippen LogP contribution in [0.25, 0.3) is 0 Å². The molecular weight excluding hydrogens is 240 g/mol. The van der Waals surface area contributed by atoms with Crippen molar-refractivity contribution >= 4 is 5.97 Å². The number of carbonyl (C=O) groups is 1. The largest absolute Gasteiger partial charge is 0.426 e. The SMILES string of the molecule is O=C(Oc1ccc(F)c(C(F)(F)F)c1)C1CC1. The summed E-state index contributed by atoms with van der Waals surface area (Å²) >= 11 is 0. The summed E-state index contributed by atoms with van der Waals surface area (Å²) in [5.41, 5.74) is -1.43. The fourth-order valence-electron chi connectivity index (χ4n) is 1.30. The average Bonchev–Trinajstić information content (AvgIpc) is 3.02. The van der Waals surface area contributed by atoms with Crippen molar-refractivity contribution in [2.45, 2.75) is 19.0 Å². The van der Waals surface area contributed by atoms with Gasteiger partial charge in [-0.3, -0.25) is 4.79 Å². The molecule has 0 aliphatic heterocycles. The Morgan fingerprint density at radius 2 is 1.94 bits per heavy atom. The highest BCUT2D eigenvalue weighted by Crippen LogP contribution is 2.35. The number of ether oxygens (including phenoxy) is 1. The van der Waals surface area contributed by atoms with Crippen LogP contribution in [0, 0.1) is 11.7 Å². The van der Waals surface area contributed by atoms with E-state index in [0.29, 0.717) is 25.0 Å². The summed E-state index contributed by atoms with van der Waals surface area (Å²) in [6, 6.07) is 2.14. The Morgan fingerprint density at radius 1 is 1.29 bits per heavy atom. The fourth-order valence-corrected chi connectivity index (χ4v) is 1.30. The van der Waals surface area contributed by atoms with Crippen LogP contribution in [-0.4, -0.2) is 5.97 Å². The number of hydrogen-bond donors (Lipinski definition) is 0. The van der Waals surface area contributed by atoms with E-state index >= 15 is 0 Å². The van der Waals surface area contributed by atoms with E-state index in [9.17, 15) is 22.4 Å². The molecule has 2 nitrogen and oxygen atoms in total. The third-order valence-corrected chi connectivity index (χ3v) is 2.37. The van der Waals surface area contributed by atoms with E-state index in [-0.39, 0.29) is 11.7 Å². The molecule has 0 atom stereocenters. The topological polar surface area (TPSA) is 26.3 Å². The van der Waals surface area contributed by atoms with E-state index < -0.39 is 23.5 Å². The van der Waals surface area contributed by atoms with E-state index in [1.54, 1.807) is 0 Å². The zero-order chi connectivity index (χ0) is 12.6. The lowest BCUT2D eigenvalue weighted by Crippen LogP contribution is -2.12. The Bertz CT molecular complexity index is 449. The summed E-state index contributed by atoms with van der Waals surface area (Å²) in [4.78, 5) is 11.2. The molecule has 0 aromatic heterocycles. The first kappa shape index (κ1) is 11.9. The van der Waals surface area contributed by atoms with Crippen LogP contribution in [0.4, 0.5) is 17.6 Å². The highest BCUT2D eigenvalue weighted by Gasteiger charge is 2.35. The number of carbonyl (C=O) groups excluding carboxylic acids is 1. The van der Waals surface area contributed by atoms with Crippen LogP contribution < -0.4 is 4.74 Å². The number of alkyl halides is 3. The predicted molar refractivity (Wildman–Crippen MR) is 49.8 cm³/mol. The molecule has 0 bridgehead atoms. The number of esters is 1. The summed E-state index contributed by atoms with van der Waals surface area (Å²) in [6.45, 7) is 0. The molecule has 1 aromatic carbocycles. The van der Waals surface area contributed by atoms with Gasteiger partial charge in [-0.2, -0.15) is 13.2 Å². The van der Waals surface area contributed by atoms with Gasteiger partial charge in [0.05, 0.1) is 11.5 Å². The maximum absolute atomic E-state index is 12.9. The van der Waals surface area contributed by atoms with Gasteiger partial charge in [-0.1, -0.05) is 0 Å². The van der Waals surface area contributed by atoms with Gasteiger partial charge in [0.15, 0.2) is 0 Å². The van der Waals surface area contributed by atoms with Crippen molar-refractivity contribution in [1.29, 1.82) is 0 Å². The van der Waals surface area contributed by atoms with Gasteiger partial charge in [0.1, 0.15) is 11.6 Å². The van der Waals surface area contributed by atoms with Gasteiger partial charge in [-0.05, 0) is 31.0 Å². The second-order valence-electron chi connectivity index (χ2n) is 3.83. The lowest BCUT2D eigenvalue weighted by Gasteiger charge is -2.10. The van der Waals surface area contributed by atoms with Crippen LogP contribution in [0.2, 0.25) is 0 Å². The minimum Gasteiger partial charge on any atom is -0.426 e. The van der Waals surface area contributed by atoms with Crippen molar-refractivity contribution in [2.24, 2.45) is 5.92 Å². The summed E-state index contributed by atoms with van der Waals surface area (Å²) in [5, 5.41) is 0. The van der Waals surface area contributed by atoms with Crippen molar-refractivity contribution in [2.75, 3.05) is 0 Å². The number of hydrogen-bond acceptors (Lipinski definition) is 2. The van der Waals surface area contributed by atoms with Crippen LogP contribution in [0.3, 0.4) is 0 Å². The molecule has 1 aliphatic rings. The molecule has 0 saturated heterocycles. The molecule has 1 aromatic rings. The Labute approximate surface area is 94.2 Å². The molecule has 92 valence electrons. The van der Waals surface area contributed by atoms with Gasteiger partial charge in [0.25, 0.3) is 0 Å². The molecule has 0 unspecified atom stereocenters. The first-order chi connectivity index (χ1) is 7.88. The lowest BCUT2D eigenvalue weighted by molar-refractivity contribution is -0.141. The third-order valence-electron chi connectivity index (χ3n) is 2.37. The zero-order valence-corrected chi connectivity index (χ0v) is 8.55. The van der Waals surface area contributed by atoms with Crippen LogP contribution in [0.15, 0.2) is 18.2 Å². The third kappa shape index (κ3) is 2.75. The van der Waals surface area contributed by atoms with Crippen molar-refractivity contribution in [3.05, 3.63) is 29.6 Å². The second kappa shape index (κ2) is 4.01. The van der Waals surface area contributed by atoms with E-state index in [2.05, 4.69) is 0 Å². The first-order valence-corrected chi connectivity index (χ1v) is 4.96. The number of benzene rings is 1. The maximum atomic E-state index is 12.9. The summed E-state index contributed by atoms with van der Waals surface area (Å²) < 4.78 is 54.7. The molecule has 0 spiro atoms. The van der Waals surface area contributed by atoms with Gasteiger partial charge in [0, 0.05) is 0 Å². The average molecular weight is 248 g/mol. The zero-order valence-electron chi connectivity index (χ0n) is 8.55. The normalized spacial score (nSPS) is 15.8. The predicted octanol–water partition coefficient (Wildman–Crippen LogP) is 3.16. The molecule has 0 heterocycles. The minimum absolute atomic E-state index is 0.227. The van der Waals surface area contributed by atoms with Crippen LogP contribution in [0.1, 0.15) is 18.4 Å². The smallest absolute Gasteiger partial charge is 0.419 e. The maximum Gasteiger partial charge on any atom is 0.419 e. The van der Waals surface area contributed by atoms with Crippen molar-refractivity contribution < 1.29 is 27.1 Å². The Balaban J connectivity index is 2.21. The molecule has 0 radical (unpaired) electrons. The van der Waals surface area contributed by atoms with Crippen molar-refractivity contribution in [3.8, 4) is 5.75 Å². The van der Waals surface area contributed by atoms with Gasteiger partial charge < -0.3 is 4.74 Å². The molecule has 6 heteroatoms. The first-order valence-electron chi connectivity index (χ1n) is 4.96. The molecule has 2 rings (SSSR count). The van der Waals surface area contributed by atoms with Crippen molar-refractivity contribution in [3.63, 3.8) is 0 Å². The van der Waals surface area contributed by atoms with Crippen LogP contribution in [-0.2, 0) is 11.0 Å². The number of rotatable bonds is 2. The molecule has 17 heavy (non-hydrogen) atoms. The minimum atomic E-state index is -4.80. The highest BCUT2D eigenvalue weighted by atomic mass is 19.4. The van der Waals surface area contributed by atoms with Gasteiger partial charge in [-0.15, -0.1) is 0 Å². The molecule has 1 fully saturated rings. The molecule has 1 aliphatic carbocycles. The fraction of sp³-hybridized carbons (Fsp3) is 0.364. The monoisotopic (exact) mass is 248 g/mol. The van der Waals surface area contributed by atoms with Gasteiger partial charge in [-0.25, -0.2) is 4.39 Å². The molecular formula is C11H8F4O2. The molecule has 0 N–H and O–H groups in total. The molecule has 1 saturated carbocycles. The summed E-state index contributed by atoms with van der Waals surface area (Å²) in [7, 11) is 0. The number of halogens is 4. The standard InChI is InChI=1S/C11H8F4O2/c12-9-4-3-7(5-8(9)11(13,14)15)17-10(16)6-1-2-6/h3-6H,1-2H2. The Kier molecular flexibility index (Phi) is 2.81. The van der Waals surface area contributed by atoms with E-state index in [0.717, 1.165) is 6.07 Å². The van der Waals surface area contributed by atoms with Crippen LogP contribution >= 0.6 is 0 Å². The summed E-state index contributed by atoms with van der Waals surface area (Å²) in [5.74, 6) is -2.46. The lowest BCUT2D eigenvalue weighted by atomic mass is 10.2. The highest BCUT2D eigenvalue weighted by molar-refractivity contribution is 5.77. The van der Waals surface area contributed by atoms with Crippen molar-refractivity contribution in [1.82, 2.24) is 0 Å². The Hall–Kier alpha value is -1.59. The molecule has 0 amide bonds. The van der Waals surface area contributed by atoms with E-state index in [1.165, 1.54) is 0 Å². The van der Waals surface area contributed by atoms with Crippen LogP contribution in [0.5, 0.6) is 5.75 Å². The van der Waals surface area contributed by atoms with Gasteiger partial charge in [0.2, 0.25) is 0 Å². The van der Waals surface area contributed by atoms with E-state index in [1.807, 2.05) is 0 Å². The Morgan fingerprint density at radius 3 is 2.47 bits per heavy atom.